The lowest BCUT2D eigenvalue weighted by Crippen LogP contribution is -2.46. The number of carbonyl (C=O) groups is 1. The second-order valence-corrected chi connectivity index (χ2v) is 9.55. The van der Waals surface area contributed by atoms with Crippen LogP contribution < -0.4 is 0 Å². The molecule has 0 spiro atoms. The van der Waals surface area contributed by atoms with E-state index < -0.39 is 9.84 Å². The largest absolute Gasteiger partial charge is 0.339 e. The fourth-order valence-electron chi connectivity index (χ4n) is 3.76. The summed E-state index contributed by atoms with van der Waals surface area (Å²) in [5.41, 5.74) is 2.49. The third kappa shape index (κ3) is 4.00. The van der Waals surface area contributed by atoms with Gasteiger partial charge in [0.15, 0.2) is 9.84 Å². The normalized spacial score (nSPS) is 23.8. The van der Waals surface area contributed by atoms with E-state index in [-0.39, 0.29) is 29.4 Å². The molecule has 1 aliphatic carbocycles. The van der Waals surface area contributed by atoms with Crippen molar-refractivity contribution >= 4 is 15.7 Å². The van der Waals surface area contributed by atoms with E-state index >= 15 is 0 Å². The van der Waals surface area contributed by atoms with Gasteiger partial charge in [-0.3, -0.25) is 4.79 Å². The first kappa shape index (κ1) is 17.5. The average molecular weight is 349 g/mol. The van der Waals surface area contributed by atoms with Crippen molar-refractivity contribution in [3.63, 3.8) is 0 Å². The number of hydrogen-bond acceptors (Lipinski definition) is 3. The van der Waals surface area contributed by atoms with Crippen LogP contribution in [0.25, 0.3) is 0 Å². The van der Waals surface area contributed by atoms with Gasteiger partial charge in [0.25, 0.3) is 0 Å². The van der Waals surface area contributed by atoms with Gasteiger partial charge in [0.2, 0.25) is 5.91 Å². The van der Waals surface area contributed by atoms with Gasteiger partial charge in [0, 0.05) is 12.6 Å². The summed E-state index contributed by atoms with van der Waals surface area (Å²) >= 11 is 0. The summed E-state index contributed by atoms with van der Waals surface area (Å²) in [6, 6.07) is 8.71. The number of benzene rings is 1. The van der Waals surface area contributed by atoms with E-state index in [0.29, 0.717) is 18.9 Å². The van der Waals surface area contributed by atoms with Crippen LogP contribution in [0, 0.1) is 18.8 Å². The highest BCUT2D eigenvalue weighted by Gasteiger charge is 2.41. The lowest BCUT2D eigenvalue weighted by atomic mass is 9.97. The van der Waals surface area contributed by atoms with Gasteiger partial charge in [0.05, 0.1) is 17.4 Å². The van der Waals surface area contributed by atoms with E-state index in [0.717, 1.165) is 6.42 Å². The second kappa shape index (κ2) is 6.87. The zero-order chi connectivity index (χ0) is 17.3. The molecule has 1 heterocycles. The molecule has 4 nitrogen and oxygen atoms in total. The Hall–Kier alpha value is -1.36. The second-order valence-electron chi connectivity index (χ2n) is 7.32. The van der Waals surface area contributed by atoms with Crippen LogP contribution in [0.5, 0.6) is 0 Å². The molecule has 0 bridgehead atoms. The predicted molar refractivity (Wildman–Crippen MR) is 95.5 cm³/mol. The molecular formula is C19H27NO3S. The summed E-state index contributed by atoms with van der Waals surface area (Å²) in [4.78, 5) is 14.9. The maximum Gasteiger partial charge on any atom is 0.226 e. The topological polar surface area (TPSA) is 54.5 Å². The predicted octanol–water partition coefficient (Wildman–Crippen LogP) is 2.60. The van der Waals surface area contributed by atoms with Gasteiger partial charge in [-0.1, -0.05) is 29.8 Å². The van der Waals surface area contributed by atoms with E-state index in [1.54, 1.807) is 0 Å². The Balaban J connectivity index is 1.75. The summed E-state index contributed by atoms with van der Waals surface area (Å²) in [6.45, 7) is 4.73. The molecule has 2 atom stereocenters. The molecule has 2 aliphatic rings. The Kier molecular flexibility index (Phi) is 5.00. The van der Waals surface area contributed by atoms with Crippen LogP contribution in [0.1, 0.15) is 37.3 Å². The lowest BCUT2D eigenvalue weighted by molar-refractivity contribution is -0.137. The highest BCUT2D eigenvalue weighted by molar-refractivity contribution is 7.91. The molecule has 1 aliphatic heterocycles. The maximum atomic E-state index is 12.9. The molecule has 5 heteroatoms. The molecule has 1 saturated carbocycles. The Bertz CT molecular complexity index is 692. The summed E-state index contributed by atoms with van der Waals surface area (Å²) < 4.78 is 23.4. The fraction of sp³-hybridized carbons (Fsp3) is 0.632. The van der Waals surface area contributed by atoms with E-state index in [1.165, 1.54) is 24.0 Å². The molecule has 1 amide bonds. The van der Waals surface area contributed by atoms with Gasteiger partial charge in [-0.05, 0) is 51.0 Å². The highest BCUT2D eigenvalue weighted by atomic mass is 32.2. The Morgan fingerprint density at radius 3 is 2.38 bits per heavy atom. The van der Waals surface area contributed by atoms with Crippen LogP contribution in [-0.2, 0) is 21.1 Å². The summed E-state index contributed by atoms with van der Waals surface area (Å²) in [5.74, 6) is 0.460. The first-order valence-corrected chi connectivity index (χ1v) is 10.8. The number of hydrogen-bond donors (Lipinski definition) is 0. The van der Waals surface area contributed by atoms with Crippen molar-refractivity contribution in [2.75, 3.05) is 18.1 Å². The number of carbonyl (C=O) groups excluding carboxylic acids is 1. The first-order chi connectivity index (χ1) is 11.4. The van der Waals surface area contributed by atoms with Gasteiger partial charge in [-0.2, -0.15) is 0 Å². The molecule has 1 aromatic rings. The number of aryl methyl sites for hydroxylation is 1. The quantitative estimate of drug-likeness (QED) is 0.793. The number of amides is 1. The van der Waals surface area contributed by atoms with Crippen LogP contribution in [0.3, 0.4) is 0 Å². The minimum atomic E-state index is -3.02. The van der Waals surface area contributed by atoms with Crippen molar-refractivity contribution in [3.05, 3.63) is 35.4 Å². The van der Waals surface area contributed by atoms with Gasteiger partial charge < -0.3 is 4.90 Å². The molecular weight excluding hydrogens is 322 g/mol. The van der Waals surface area contributed by atoms with Crippen LogP contribution >= 0.6 is 0 Å². The molecule has 0 unspecified atom stereocenters. The monoisotopic (exact) mass is 349 g/mol. The molecule has 24 heavy (non-hydrogen) atoms. The number of sulfone groups is 1. The van der Waals surface area contributed by atoms with Crippen molar-refractivity contribution in [1.82, 2.24) is 4.90 Å². The van der Waals surface area contributed by atoms with Crippen molar-refractivity contribution in [3.8, 4) is 0 Å². The Morgan fingerprint density at radius 2 is 1.88 bits per heavy atom. The molecule has 0 aromatic heterocycles. The zero-order valence-electron chi connectivity index (χ0n) is 14.6. The third-order valence-electron chi connectivity index (χ3n) is 5.34. The molecule has 132 valence electrons. The molecule has 1 aromatic carbocycles. The van der Waals surface area contributed by atoms with E-state index in [4.69, 9.17) is 0 Å². The third-order valence-corrected chi connectivity index (χ3v) is 7.11. The standard InChI is InChI=1S/C19H27NO3S/c1-3-20(19(21)17-10-11-24(22,23)13-17)18(16-8-9-16)12-15-6-4-14(2)5-7-15/h4-7,16-18H,3,8-13H2,1-2H3/t17-,18+/m1/s1. The van der Waals surface area contributed by atoms with Gasteiger partial charge >= 0.3 is 0 Å². The van der Waals surface area contributed by atoms with Crippen molar-refractivity contribution < 1.29 is 13.2 Å². The minimum Gasteiger partial charge on any atom is -0.339 e. The number of likely N-dealkylation sites (N-methyl/N-ethyl adjacent to an activating group) is 1. The first-order valence-electron chi connectivity index (χ1n) is 8.96. The van der Waals surface area contributed by atoms with E-state index in [1.807, 2.05) is 11.8 Å². The summed E-state index contributed by atoms with van der Waals surface area (Å²) in [6.07, 6.45) is 3.69. The van der Waals surface area contributed by atoms with Crippen LogP contribution in [0.2, 0.25) is 0 Å². The number of rotatable bonds is 6. The minimum absolute atomic E-state index is 0.0320. The van der Waals surface area contributed by atoms with Gasteiger partial charge in [0.1, 0.15) is 0 Å². The number of nitrogens with zero attached hydrogens (tertiary/aromatic N) is 1. The molecule has 2 fully saturated rings. The van der Waals surface area contributed by atoms with E-state index in [2.05, 4.69) is 31.2 Å². The van der Waals surface area contributed by atoms with Gasteiger partial charge in [-0.15, -0.1) is 0 Å². The van der Waals surface area contributed by atoms with Crippen LogP contribution in [0.15, 0.2) is 24.3 Å². The van der Waals surface area contributed by atoms with Crippen LogP contribution in [0.4, 0.5) is 0 Å². The zero-order valence-corrected chi connectivity index (χ0v) is 15.4. The molecule has 3 rings (SSSR count). The van der Waals surface area contributed by atoms with Crippen molar-refractivity contribution in [2.45, 2.75) is 45.6 Å². The SMILES string of the molecule is CCN(C(=O)[C@@H]1CCS(=O)(=O)C1)[C@@H](Cc1ccc(C)cc1)C1CC1. The molecule has 0 N–H and O–H groups in total. The fourth-order valence-corrected chi connectivity index (χ4v) is 5.49. The maximum absolute atomic E-state index is 12.9. The smallest absolute Gasteiger partial charge is 0.226 e. The highest BCUT2D eigenvalue weighted by Crippen LogP contribution is 2.38. The molecule has 1 saturated heterocycles. The van der Waals surface area contributed by atoms with Crippen molar-refractivity contribution in [2.24, 2.45) is 11.8 Å². The van der Waals surface area contributed by atoms with E-state index in [9.17, 15) is 13.2 Å². The van der Waals surface area contributed by atoms with Crippen molar-refractivity contribution in [1.29, 1.82) is 0 Å². The van der Waals surface area contributed by atoms with Crippen LogP contribution in [-0.4, -0.2) is 43.3 Å². The lowest BCUT2D eigenvalue weighted by Gasteiger charge is -2.33. The summed E-state index contributed by atoms with van der Waals surface area (Å²) in [5, 5.41) is 0. The Morgan fingerprint density at radius 1 is 1.21 bits per heavy atom. The Labute approximate surface area is 145 Å². The molecule has 0 radical (unpaired) electrons. The summed E-state index contributed by atoms with van der Waals surface area (Å²) in [7, 11) is -3.02. The average Bonchev–Trinajstić information content (AvgIpc) is 3.32. The van der Waals surface area contributed by atoms with Gasteiger partial charge in [-0.25, -0.2) is 8.42 Å².